The highest BCUT2D eigenvalue weighted by Crippen LogP contribution is 2.29. The van der Waals surface area contributed by atoms with Crippen LogP contribution in [0.3, 0.4) is 0 Å². The van der Waals surface area contributed by atoms with Gasteiger partial charge in [-0.2, -0.15) is 0 Å². The Kier molecular flexibility index (Phi) is 14.3. The number of hydrogen-bond acceptors (Lipinski definition) is 8. The standard InChI is InChI=1S/C24H38O8Si/c1-6-28-22-19-20(15-17-23(25)27-5)14-16-21(22)32-24(26)13-11-10-12-18-33(29-7-2,30-8-3)31-9-4/h14-17,19H,6-13,18H2,1-5H3. The molecular weight excluding hydrogens is 444 g/mol. The Labute approximate surface area is 198 Å². The molecule has 0 atom stereocenters. The van der Waals surface area contributed by atoms with E-state index in [1.165, 1.54) is 13.2 Å². The lowest BCUT2D eigenvalue weighted by Crippen LogP contribution is -2.45. The van der Waals surface area contributed by atoms with Gasteiger partial charge in [0.15, 0.2) is 11.5 Å². The van der Waals surface area contributed by atoms with E-state index in [1.807, 2.05) is 27.7 Å². The molecule has 0 unspecified atom stereocenters. The molecule has 1 aromatic rings. The van der Waals surface area contributed by atoms with Crippen LogP contribution < -0.4 is 9.47 Å². The van der Waals surface area contributed by atoms with Crippen LogP contribution in [0.4, 0.5) is 0 Å². The highest BCUT2D eigenvalue weighted by molar-refractivity contribution is 6.60. The van der Waals surface area contributed by atoms with Crippen LogP contribution in [0.1, 0.15) is 58.9 Å². The molecule has 1 rings (SSSR count). The fourth-order valence-electron chi connectivity index (χ4n) is 3.18. The number of hydrogen-bond donors (Lipinski definition) is 0. The van der Waals surface area contributed by atoms with Gasteiger partial charge >= 0.3 is 20.7 Å². The summed E-state index contributed by atoms with van der Waals surface area (Å²) in [5.74, 6) is 0.0233. The van der Waals surface area contributed by atoms with Crippen molar-refractivity contribution < 1.29 is 37.1 Å². The third-order valence-electron chi connectivity index (χ3n) is 4.56. The maximum Gasteiger partial charge on any atom is 0.500 e. The molecule has 0 heterocycles. The normalized spacial score (nSPS) is 11.5. The second-order valence-corrected chi connectivity index (χ2v) is 9.74. The second kappa shape index (κ2) is 16.4. The zero-order valence-corrected chi connectivity index (χ0v) is 21.5. The first kappa shape index (κ1) is 28.8. The minimum Gasteiger partial charge on any atom is -0.490 e. The monoisotopic (exact) mass is 482 g/mol. The quantitative estimate of drug-likeness (QED) is 0.103. The van der Waals surface area contributed by atoms with E-state index < -0.39 is 14.8 Å². The highest BCUT2D eigenvalue weighted by Gasteiger charge is 2.39. The first-order valence-electron chi connectivity index (χ1n) is 11.6. The molecule has 0 aliphatic carbocycles. The maximum absolute atomic E-state index is 12.4. The van der Waals surface area contributed by atoms with Crippen LogP contribution >= 0.6 is 0 Å². The summed E-state index contributed by atoms with van der Waals surface area (Å²) in [5.41, 5.74) is 0.731. The van der Waals surface area contributed by atoms with Gasteiger partial charge in [0.2, 0.25) is 0 Å². The Hall–Kier alpha value is -2.20. The summed E-state index contributed by atoms with van der Waals surface area (Å²) < 4.78 is 33.3. The number of methoxy groups -OCH3 is 1. The lowest BCUT2D eigenvalue weighted by Gasteiger charge is -2.28. The third-order valence-corrected chi connectivity index (χ3v) is 7.71. The van der Waals surface area contributed by atoms with Crippen LogP contribution in [0.5, 0.6) is 11.5 Å². The number of carbonyl (C=O) groups is 2. The molecule has 0 saturated heterocycles. The lowest BCUT2D eigenvalue weighted by molar-refractivity contribution is -0.135. The van der Waals surface area contributed by atoms with E-state index in [2.05, 4.69) is 4.74 Å². The SMILES string of the molecule is CCOc1cc(C=CC(=O)OC)ccc1OC(=O)CCCCC[Si](OCC)(OCC)OCC. The van der Waals surface area contributed by atoms with Crippen molar-refractivity contribution in [2.75, 3.05) is 33.5 Å². The first-order chi connectivity index (χ1) is 15.9. The van der Waals surface area contributed by atoms with Crippen molar-refractivity contribution in [2.45, 2.75) is 59.4 Å². The lowest BCUT2D eigenvalue weighted by atomic mass is 10.2. The summed E-state index contributed by atoms with van der Waals surface area (Å²) in [6, 6.07) is 5.84. The Morgan fingerprint density at radius 3 is 2.12 bits per heavy atom. The van der Waals surface area contributed by atoms with Crippen molar-refractivity contribution in [1.82, 2.24) is 0 Å². The van der Waals surface area contributed by atoms with Gasteiger partial charge in [-0.15, -0.1) is 0 Å². The van der Waals surface area contributed by atoms with E-state index in [4.69, 9.17) is 22.8 Å². The molecule has 0 spiro atoms. The van der Waals surface area contributed by atoms with E-state index in [9.17, 15) is 9.59 Å². The first-order valence-corrected chi connectivity index (χ1v) is 13.5. The van der Waals surface area contributed by atoms with E-state index in [1.54, 1.807) is 24.3 Å². The summed E-state index contributed by atoms with van der Waals surface area (Å²) in [6.45, 7) is 9.74. The van der Waals surface area contributed by atoms with Crippen molar-refractivity contribution in [2.24, 2.45) is 0 Å². The van der Waals surface area contributed by atoms with Gasteiger partial charge in [0, 0.05) is 38.4 Å². The fourth-order valence-corrected chi connectivity index (χ4v) is 5.86. The molecule has 1 aromatic carbocycles. The number of ether oxygens (including phenoxy) is 3. The highest BCUT2D eigenvalue weighted by atomic mass is 28.4. The average Bonchev–Trinajstić information content (AvgIpc) is 2.79. The summed E-state index contributed by atoms with van der Waals surface area (Å²) in [5, 5.41) is 0. The molecule has 0 aliphatic heterocycles. The van der Waals surface area contributed by atoms with E-state index in [0.29, 0.717) is 50.8 Å². The Balaban J connectivity index is 2.59. The van der Waals surface area contributed by atoms with E-state index in [-0.39, 0.29) is 5.97 Å². The zero-order valence-electron chi connectivity index (χ0n) is 20.5. The van der Waals surface area contributed by atoms with Crippen LogP contribution in [0.25, 0.3) is 6.08 Å². The van der Waals surface area contributed by atoms with Crippen molar-refractivity contribution in [3.05, 3.63) is 29.8 Å². The van der Waals surface area contributed by atoms with Crippen LogP contribution in [0.2, 0.25) is 6.04 Å². The smallest absolute Gasteiger partial charge is 0.490 e. The molecular formula is C24H38O8Si. The minimum absolute atomic E-state index is 0.294. The van der Waals surface area contributed by atoms with Gasteiger partial charge in [0.1, 0.15) is 0 Å². The summed E-state index contributed by atoms with van der Waals surface area (Å²) in [6.07, 6.45) is 5.60. The molecule has 0 N–H and O–H groups in total. The van der Waals surface area contributed by atoms with Gasteiger partial charge in [0.25, 0.3) is 0 Å². The summed E-state index contributed by atoms with van der Waals surface area (Å²) in [4.78, 5) is 23.6. The topological polar surface area (TPSA) is 89.5 Å². The molecule has 8 nitrogen and oxygen atoms in total. The fraction of sp³-hybridized carbons (Fsp3) is 0.583. The number of unbranched alkanes of at least 4 members (excludes halogenated alkanes) is 2. The number of carbonyl (C=O) groups excluding carboxylic acids is 2. The Bertz CT molecular complexity index is 733. The molecule has 0 aromatic heterocycles. The number of rotatable bonds is 17. The van der Waals surface area contributed by atoms with Gasteiger partial charge in [-0.05, 0) is 64.3 Å². The Morgan fingerprint density at radius 1 is 0.879 bits per heavy atom. The molecule has 186 valence electrons. The van der Waals surface area contributed by atoms with Gasteiger partial charge in [-0.3, -0.25) is 4.79 Å². The third kappa shape index (κ3) is 11.0. The molecule has 0 fully saturated rings. The largest absolute Gasteiger partial charge is 0.500 e. The second-order valence-electron chi connectivity index (χ2n) is 7.01. The van der Waals surface area contributed by atoms with Gasteiger partial charge in [-0.1, -0.05) is 12.5 Å². The minimum atomic E-state index is -2.64. The summed E-state index contributed by atoms with van der Waals surface area (Å²) >= 11 is 0. The van der Waals surface area contributed by atoms with Crippen LogP contribution in [0.15, 0.2) is 24.3 Å². The summed E-state index contributed by atoms with van der Waals surface area (Å²) in [7, 11) is -1.32. The zero-order chi connectivity index (χ0) is 24.5. The molecule has 0 aliphatic rings. The average molecular weight is 483 g/mol. The number of benzene rings is 1. The molecule has 0 amide bonds. The van der Waals surface area contributed by atoms with E-state index >= 15 is 0 Å². The predicted octanol–water partition coefficient (Wildman–Crippen LogP) is 4.79. The van der Waals surface area contributed by atoms with Crippen molar-refractivity contribution >= 4 is 26.8 Å². The van der Waals surface area contributed by atoms with Crippen molar-refractivity contribution in [1.29, 1.82) is 0 Å². The van der Waals surface area contributed by atoms with Crippen LogP contribution in [0, 0.1) is 0 Å². The van der Waals surface area contributed by atoms with Gasteiger partial charge in [-0.25, -0.2) is 4.79 Å². The van der Waals surface area contributed by atoms with E-state index in [0.717, 1.165) is 24.4 Å². The molecule has 33 heavy (non-hydrogen) atoms. The maximum atomic E-state index is 12.4. The van der Waals surface area contributed by atoms with Crippen LogP contribution in [-0.2, 0) is 27.6 Å². The molecule has 0 bridgehead atoms. The van der Waals surface area contributed by atoms with Crippen LogP contribution in [-0.4, -0.2) is 54.3 Å². The molecule has 0 radical (unpaired) electrons. The molecule has 0 saturated carbocycles. The Morgan fingerprint density at radius 2 is 1.55 bits per heavy atom. The van der Waals surface area contributed by atoms with Gasteiger partial charge < -0.3 is 27.5 Å². The predicted molar refractivity (Wildman–Crippen MR) is 128 cm³/mol. The molecule has 9 heteroatoms. The number of esters is 2. The van der Waals surface area contributed by atoms with Crippen molar-refractivity contribution in [3.8, 4) is 11.5 Å². The van der Waals surface area contributed by atoms with Gasteiger partial charge in [0.05, 0.1) is 13.7 Å². The van der Waals surface area contributed by atoms with Crippen molar-refractivity contribution in [3.63, 3.8) is 0 Å².